The smallest absolute Gasteiger partial charge is 0.312 e. The third kappa shape index (κ3) is 9.67. The number of primary amides is 1. The average Bonchev–Trinajstić information content (AvgIpc) is 2.83. The van der Waals surface area contributed by atoms with Crippen molar-refractivity contribution >= 4 is 38.0 Å². The molecule has 0 bridgehead atoms. The van der Waals surface area contributed by atoms with Crippen LogP contribution in [-0.2, 0) is 30.4 Å². The zero-order chi connectivity index (χ0) is 31.8. The Hall–Kier alpha value is -3.25. The fourth-order valence-electron chi connectivity index (χ4n) is 5.22. The standard InChI is InChI=1S/C29H49N5O6Si/c1-19(2)25(34(20(3)35)41(40,28(4,5)6)29(7,8)9)27(39)31-16-15-24(37)33-22(26(38)32-18-23(30)36)17-21-13-11-10-12-14-21/h10-14,19,22,25,40H,15-18H2,1-9H3,(H2,30,36)(H,31,39)(H,32,38)(H,33,37)/t22-,25-/m0/s1. The average molecular weight is 592 g/mol. The molecule has 0 aromatic heterocycles. The molecule has 1 rings (SSSR count). The van der Waals surface area contributed by atoms with Gasteiger partial charge in [-0.15, -0.1) is 0 Å². The van der Waals surface area contributed by atoms with Crippen molar-refractivity contribution in [3.8, 4) is 0 Å². The first-order chi connectivity index (χ1) is 18.7. The zero-order valence-electron chi connectivity index (χ0n) is 26.0. The van der Waals surface area contributed by atoms with Gasteiger partial charge in [0, 0.05) is 36.4 Å². The summed E-state index contributed by atoms with van der Waals surface area (Å²) >= 11 is 0. The molecule has 230 valence electrons. The highest BCUT2D eigenvalue weighted by Gasteiger charge is 2.61. The van der Waals surface area contributed by atoms with Crippen molar-refractivity contribution in [2.75, 3.05) is 13.1 Å². The normalized spacial score (nSPS) is 13.6. The van der Waals surface area contributed by atoms with Gasteiger partial charge in [0.15, 0.2) is 0 Å². The highest BCUT2D eigenvalue weighted by molar-refractivity contribution is 6.77. The number of hydrogen-bond donors (Lipinski definition) is 5. The number of hydrogen-bond acceptors (Lipinski definition) is 6. The van der Waals surface area contributed by atoms with E-state index in [-0.39, 0.29) is 37.8 Å². The molecule has 0 saturated heterocycles. The van der Waals surface area contributed by atoms with Crippen molar-refractivity contribution in [2.24, 2.45) is 11.7 Å². The predicted molar refractivity (Wildman–Crippen MR) is 160 cm³/mol. The van der Waals surface area contributed by atoms with E-state index in [9.17, 15) is 28.8 Å². The molecule has 1 aromatic carbocycles. The highest BCUT2D eigenvalue weighted by atomic mass is 28.4. The predicted octanol–water partition coefficient (Wildman–Crippen LogP) is 1.73. The lowest BCUT2D eigenvalue weighted by Gasteiger charge is -2.55. The van der Waals surface area contributed by atoms with E-state index in [0.29, 0.717) is 0 Å². The van der Waals surface area contributed by atoms with Crippen LogP contribution in [0.2, 0.25) is 10.1 Å². The van der Waals surface area contributed by atoms with E-state index < -0.39 is 54.3 Å². The molecule has 1 aromatic rings. The largest absolute Gasteiger partial charge is 0.414 e. The molecule has 0 fully saturated rings. The maximum atomic E-state index is 13.5. The van der Waals surface area contributed by atoms with Gasteiger partial charge in [0.1, 0.15) is 12.1 Å². The van der Waals surface area contributed by atoms with E-state index in [1.165, 1.54) is 11.5 Å². The Morgan fingerprint density at radius 1 is 0.927 bits per heavy atom. The summed E-state index contributed by atoms with van der Waals surface area (Å²) in [7, 11) is -3.62. The number of rotatable bonds is 13. The number of benzene rings is 1. The fraction of sp³-hybridized carbons (Fsp3) is 0.621. The SMILES string of the molecule is CC(=O)N([C@H](C(=O)NCCC(=O)N[C@@H](Cc1ccccc1)C(=O)NCC(N)=O)C(C)C)[Si](O)(C(C)(C)C)C(C)(C)C. The second-order valence-electron chi connectivity index (χ2n) is 12.8. The molecular formula is C29H49N5O6Si. The molecule has 0 radical (unpaired) electrons. The Morgan fingerprint density at radius 3 is 1.90 bits per heavy atom. The summed E-state index contributed by atoms with van der Waals surface area (Å²) in [6.45, 7) is 15.9. The van der Waals surface area contributed by atoms with Crippen LogP contribution in [0.4, 0.5) is 0 Å². The third-order valence-electron chi connectivity index (χ3n) is 6.98. The number of amides is 5. The van der Waals surface area contributed by atoms with Crippen LogP contribution in [0.5, 0.6) is 0 Å². The number of carbonyl (C=O) groups excluding carboxylic acids is 5. The van der Waals surface area contributed by atoms with Crippen LogP contribution in [0.1, 0.15) is 74.3 Å². The summed E-state index contributed by atoms with van der Waals surface area (Å²) in [5.41, 5.74) is 5.93. The molecule has 0 unspecified atom stereocenters. The minimum Gasteiger partial charge on any atom is -0.414 e. The maximum Gasteiger partial charge on any atom is 0.312 e. The van der Waals surface area contributed by atoms with Crippen molar-refractivity contribution in [1.82, 2.24) is 20.5 Å². The summed E-state index contributed by atoms with van der Waals surface area (Å²) in [5, 5.41) is 6.52. The topological polar surface area (TPSA) is 171 Å². The van der Waals surface area contributed by atoms with Gasteiger partial charge in [-0.3, -0.25) is 24.0 Å². The second kappa shape index (κ2) is 14.6. The van der Waals surface area contributed by atoms with Gasteiger partial charge in [-0.05, 0) is 11.5 Å². The molecule has 0 heterocycles. The summed E-state index contributed by atoms with van der Waals surface area (Å²) in [6.07, 6.45) is 0.0562. The van der Waals surface area contributed by atoms with Gasteiger partial charge in [0.2, 0.25) is 29.5 Å². The van der Waals surface area contributed by atoms with Gasteiger partial charge in [-0.1, -0.05) is 85.7 Å². The first-order valence-electron chi connectivity index (χ1n) is 13.9. The summed E-state index contributed by atoms with van der Waals surface area (Å²) < 4.78 is 1.41. The first-order valence-corrected chi connectivity index (χ1v) is 15.8. The van der Waals surface area contributed by atoms with Gasteiger partial charge in [0.05, 0.1) is 6.54 Å². The van der Waals surface area contributed by atoms with E-state index in [2.05, 4.69) is 16.0 Å². The van der Waals surface area contributed by atoms with Crippen LogP contribution in [0, 0.1) is 5.92 Å². The van der Waals surface area contributed by atoms with Crippen molar-refractivity contribution in [3.05, 3.63) is 35.9 Å². The van der Waals surface area contributed by atoms with Gasteiger partial charge >= 0.3 is 8.48 Å². The molecule has 41 heavy (non-hydrogen) atoms. The lowest BCUT2D eigenvalue weighted by Crippen LogP contribution is -2.72. The van der Waals surface area contributed by atoms with Crippen molar-refractivity contribution < 1.29 is 28.8 Å². The maximum absolute atomic E-state index is 13.5. The minimum absolute atomic E-state index is 0.0500. The number of nitrogens with one attached hydrogen (secondary N) is 3. The molecule has 5 amide bonds. The lowest BCUT2D eigenvalue weighted by molar-refractivity contribution is -0.137. The summed E-state index contributed by atoms with van der Waals surface area (Å²) in [5.74, 6) is -2.93. The monoisotopic (exact) mass is 591 g/mol. The van der Waals surface area contributed by atoms with Crippen LogP contribution in [0.15, 0.2) is 30.3 Å². The third-order valence-corrected chi connectivity index (χ3v) is 12.5. The molecule has 12 heteroatoms. The molecule has 0 aliphatic rings. The van der Waals surface area contributed by atoms with Gasteiger partial charge < -0.3 is 31.0 Å². The highest BCUT2D eigenvalue weighted by Crippen LogP contribution is 2.52. The van der Waals surface area contributed by atoms with Gasteiger partial charge in [-0.2, -0.15) is 0 Å². The number of nitrogens with two attached hydrogens (primary N) is 1. The van der Waals surface area contributed by atoms with E-state index >= 15 is 0 Å². The minimum atomic E-state index is -3.62. The van der Waals surface area contributed by atoms with Crippen LogP contribution in [0.3, 0.4) is 0 Å². The number of carbonyl (C=O) groups is 5. The van der Waals surface area contributed by atoms with Gasteiger partial charge in [0.25, 0.3) is 0 Å². The summed E-state index contributed by atoms with van der Waals surface area (Å²) in [4.78, 5) is 75.3. The molecule has 0 spiro atoms. The van der Waals surface area contributed by atoms with Gasteiger partial charge in [-0.25, -0.2) is 0 Å². The van der Waals surface area contributed by atoms with Crippen LogP contribution >= 0.6 is 0 Å². The zero-order valence-corrected chi connectivity index (χ0v) is 27.0. The van der Waals surface area contributed by atoms with Crippen molar-refractivity contribution in [2.45, 2.75) is 97.3 Å². The quantitative estimate of drug-likeness (QED) is 0.219. The Labute approximate surface area is 245 Å². The lowest BCUT2D eigenvalue weighted by atomic mass is 10.0. The van der Waals surface area contributed by atoms with Crippen LogP contribution in [-0.4, -0.2) is 72.5 Å². The Balaban J connectivity index is 3.06. The Kier molecular flexibility index (Phi) is 12.7. The molecule has 0 aliphatic heterocycles. The Morgan fingerprint density at radius 2 is 1.46 bits per heavy atom. The summed E-state index contributed by atoms with van der Waals surface area (Å²) in [6, 6.07) is 7.16. The van der Waals surface area contributed by atoms with E-state index in [0.717, 1.165) is 5.56 Å². The van der Waals surface area contributed by atoms with Crippen LogP contribution < -0.4 is 21.7 Å². The molecule has 0 aliphatic carbocycles. The molecule has 0 saturated carbocycles. The van der Waals surface area contributed by atoms with Crippen molar-refractivity contribution in [1.29, 1.82) is 0 Å². The van der Waals surface area contributed by atoms with Crippen molar-refractivity contribution in [3.63, 3.8) is 0 Å². The number of nitrogens with zero attached hydrogens (tertiary/aromatic N) is 1. The fourth-order valence-corrected chi connectivity index (χ4v) is 10.2. The van der Waals surface area contributed by atoms with Crippen LogP contribution in [0.25, 0.3) is 0 Å². The molecule has 2 atom stereocenters. The van der Waals surface area contributed by atoms with E-state index in [1.807, 2.05) is 85.7 Å². The molecule has 11 nitrogen and oxygen atoms in total. The molecule has 6 N–H and O–H groups in total. The first kappa shape index (κ1) is 35.8. The second-order valence-corrected chi connectivity index (χ2v) is 17.6. The molecular weight excluding hydrogens is 542 g/mol. The van der Waals surface area contributed by atoms with E-state index in [1.54, 1.807) is 0 Å². The van der Waals surface area contributed by atoms with E-state index in [4.69, 9.17) is 5.73 Å². The Bertz CT molecular complexity index is 1070.